The van der Waals surface area contributed by atoms with Crippen molar-refractivity contribution >= 4 is 35.1 Å². The van der Waals surface area contributed by atoms with Crippen LogP contribution in [0.1, 0.15) is 18.1 Å². The molecule has 0 bridgehead atoms. The zero-order valence-electron chi connectivity index (χ0n) is 14.0. The Morgan fingerprint density at radius 1 is 1.15 bits per heavy atom. The number of hydrogen-bond acceptors (Lipinski definition) is 3. The summed E-state index contributed by atoms with van der Waals surface area (Å²) in [6.07, 6.45) is 0. The molecule has 1 aliphatic heterocycles. The second-order valence-corrected chi connectivity index (χ2v) is 6.93. The van der Waals surface area contributed by atoms with Crippen molar-refractivity contribution in [2.75, 3.05) is 0 Å². The number of hydrogen-bond donors (Lipinski definition) is 1. The molecule has 0 saturated carbocycles. The van der Waals surface area contributed by atoms with Crippen molar-refractivity contribution in [1.82, 2.24) is 10.2 Å². The van der Waals surface area contributed by atoms with Crippen molar-refractivity contribution in [3.63, 3.8) is 0 Å². The Bertz CT molecular complexity index is 893. The van der Waals surface area contributed by atoms with Crippen LogP contribution in [0.4, 0.5) is 13.6 Å². The maximum atomic E-state index is 12.9. The van der Waals surface area contributed by atoms with Crippen LogP contribution >= 0.6 is 23.2 Å². The van der Waals surface area contributed by atoms with Crippen molar-refractivity contribution in [1.29, 1.82) is 0 Å². The van der Waals surface area contributed by atoms with Crippen LogP contribution < -0.4 is 10.1 Å². The molecule has 142 valence electrons. The zero-order valence-corrected chi connectivity index (χ0v) is 15.5. The summed E-state index contributed by atoms with van der Waals surface area (Å²) >= 11 is 12.0. The average molecular weight is 415 g/mol. The Hall–Kier alpha value is -2.38. The molecule has 9 heteroatoms. The molecule has 1 atom stereocenters. The summed E-state index contributed by atoms with van der Waals surface area (Å²) in [5.41, 5.74) is -0.332. The fourth-order valence-corrected chi connectivity index (χ4v) is 3.29. The van der Waals surface area contributed by atoms with E-state index < -0.39 is 24.1 Å². The molecule has 0 aromatic heterocycles. The Labute approximate surface area is 163 Å². The quantitative estimate of drug-likeness (QED) is 0.729. The number of ether oxygens (including phenoxy) is 1. The van der Waals surface area contributed by atoms with E-state index in [-0.39, 0.29) is 12.3 Å². The lowest BCUT2D eigenvalue weighted by atomic mass is 9.92. The Balaban J connectivity index is 1.83. The van der Waals surface area contributed by atoms with Crippen LogP contribution in [-0.2, 0) is 16.9 Å². The SMILES string of the molecule is CC1(c2ccc(OC(F)F)cc2)NC(=O)N(Cc2ccc(Cl)cc2Cl)C1=O. The van der Waals surface area contributed by atoms with Crippen LogP contribution in [0.3, 0.4) is 0 Å². The number of imide groups is 1. The zero-order chi connectivity index (χ0) is 19.8. The summed E-state index contributed by atoms with van der Waals surface area (Å²) < 4.78 is 28.8. The minimum Gasteiger partial charge on any atom is -0.435 e. The number of carbonyl (C=O) groups is 2. The molecule has 0 aliphatic carbocycles. The first kappa shape index (κ1) is 19.4. The van der Waals surface area contributed by atoms with Crippen LogP contribution in [0, 0.1) is 0 Å². The predicted molar refractivity (Wildman–Crippen MR) is 96.0 cm³/mol. The summed E-state index contributed by atoms with van der Waals surface area (Å²) in [4.78, 5) is 26.3. The number of alkyl halides is 2. The van der Waals surface area contributed by atoms with Crippen molar-refractivity contribution in [3.8, 4) is 5.75 Å². The molecule has 0 radical (unpaired) electrons. The number of nitrogens with zero attached hydrogens (tertiary/aromatic N) is 1. The molecule has 2 aromatic rings. The van der Waals surface area contributed by atoms with E-state index in [1.807, 2.05) is 0 Å². The van der Waals surface area contributed by atoms with Gasteiger partial charge in [0.2, 0.25) is 0 Å². The normalized spacial score (nSPS) is 19.6. The highest BCUT2D eigenvalue weighted by Gasteiger charge is 2.49. The topological polar surface area (TPSA) is 58.6 Å². The number of carbonyl (C=O) groups excluding carboxylic acids is 2. The number of nitrogens with one attached hydrogen (secondary N) is 1. The molecule has 27 heavy (non-hydrogen) atoms. The Kier molecular flexibility index (Phi) is 5.26. The molecule has 1 N–H and O–H groups in total. The summed E-state index contributed by atoms with van der Waals surface area (Å²) in [7, 11) is 0. The third-order valence-electron chi connectivity index (χ3n) is 4.28. The molecule has 3 amide bonds. The van der Waals surface area contributed by atoms with Gasteiger partial charge in [0.15, 0.2) is 0 Å². The Morgan fingerprint density at radius 3 is 2.41 bits per heavy atom. The molecule has 1 aliphatic rings. The minimum absolute atomic E-state index is 0.0250. The Morgan fingerprint density at radius 2 is 1.81 bits per heavy atom. The van der Waals surface area contributed by atoms with Gasteiger partial charge in [0.05, 0.1) is 6.54 Å². The van der Waals surface area contributed by atoms with Gasteiger partial charge in [0.25, 0.3) is 5.91 Å². The monoisotopic (exact) mass is 414 g/mol. The van der Waals surface area contributed by atoms with Gasteiger partial charge in [-0.05, 0) is 42.3 Å². The van der Waals surface area contributed by atoms with E-state index in [0.29, 0.717) is 21.2 Å². The highest BCUT2D eigenvalue weighted by atomic mass is 35.5. The van der Waals surface area contributed by atoms with Gasteiger partial charge in [-0.15, -0.1) is 0 Å². The predicted octanol–water partition coefficient (Wildman–Crippen LogP) is 4.56. The van der Waals surface area contributed by atoms with E-state index >= 15 is 0 Å². The largest absolute Gasteiger partial charge is 0.435 e. The third-order valence-corrected chi connectivity index (χ3v) is 4.86. The molecule has 3 rings (SSSR count). The first-order chi connectivity index (χ1) is 12.7. The number of benzene rings is 2. The van der Waals surface area contributed by atoms with E-state index in [1.165, 1.54) is 30.3 Å². The van der Waals surface area contributed by atoms with Crippen LogP contribution in [0.5, 0.6) is 5.75 Å². The molecular formula is C18H14Cl2F2N2O3. The number of rotatable bonds is 5. The fourth-order valence-electron chi connectivity index (χ4n) is 2.83. The highest BCUT2D eigenvalue weighted by Crippen LogP contribution is 2.32. The molecule has 1 heterocycles. The van der Waals surface area contributed by atoms with Crippen molar-refractivity contribution < 1.29 is 23.1 Å². The molecule has 0 spiro atoms. The maximum Gasteiger partial charge on any atom is 0.387 e. The first-order valence-electron chi connectivity index (χ1n) is 7.84. The van der Waals surface area contributed by atoms with Crippen molar-refractivity contribution in [2.24, 2.45) is 0 Å². The number of amides is 3. The van der Waals surface area contributed by atoms with Crippen LogP contribution in [0.25, 0.3) is 0 Å². The fraction of sp³-hybridized carbons (Fsp3) is 0.222. The summed E-state index contributed by atoms with van der Waals surface area (Å²) in [6, 6.07) is 9.72. The van der Waals surface area contributed by atoms with Gasteiger partial charge in [-0.3, -0.25) is 9.69 Å². The van der Waals surface area contributed by atoms with Gasteiger partial charge in [-0.1, -0.05) is 41.4 Å². The van der Waals surface area contributed by atoms with E-state index in [9.17, 15) is 18.4 Å². The van der Waals surface area contributed by atoms with Gasteiger partial charge >= 0.3 is 12.6 Å². The van der Waals surface area contributed by atoms with Crippen molar-refractivity contribution in [3.05, 3.63) is 63.6 Å². The summed E-state index contributed by atoms with van der Waals surface area (Å²) in [5.74, 6) is -0.528. The van der Waals surface area contributed by atoms with Gasteiger partial charge in [-0.25, -0.2) is 4.79 Å². The van der Waals surface area contributed by atoms with Gasteiger partial charge in [0, 0.05) is 10.0 Å². The maximum absolute atomic E-state index is 12.9. The summed E-state index contributed by atoms with van der Waals surface area (Å²) in [6.45, 7) is -1.43. The molecular weight excluding hydrogens is 401 g/mol. The van der Waals surface area contributed by atoms with Crippen LogP contribution in [-0.4, -0.2) is 23.4 Å². The molecule has 1 unspecified atom stereocenters. The van der Waals surface area contributed by atoms with E-state index in [1.54, 1.807) is 19.1 Å². The molecule has 2 aromatic carbocycles. The highest BCUT2D eigenvalue weighted by molar-refractivity contribution is 6.35. The van der Waals surface area contributed by atoms with Crippen LogP contribution in [0.2, 0.25) is 10.0 Å². The molecule has 1 fully saturated rings. The van der Waals surface area contributed by atoms with Crippen molar-refractivity contribution in [2.45, 2.75) is 25.6 Å². The number of halogens is 4. The van der Waals surface area contributed by atoms with Gasteiger partial charge < -0.3 is 10.1 Å². The lowest BCUT2D eigenvalue weighted by Crippen LogP contribution is -2.40. The lowest BCUT2D eigenvalue weighted by molar-refractivity contribution is -0.131. The van der Waals surface area contributed by atoms with E-state index in [2.05, 4.69) is 10.1 Å². The average Bonchev–Trinajstić information content (AvgIpc) is 2.81. The summed E-state index contributed by atoms with van der Waals surface area (Å²) in [5, 5.41) is 3.42. The smallest absolute Gasteiger partial charge is 0.387 e. The second kappa shape index (κ2) is 7.32. The first-order valence-corrected chi connectivity index (χ1v) is 8.59. The van der Waals surface area contributed by atoms with Gasteiger partial charge in [-0.2, -0.15) is 8.78 Å². The molecule has 1 saturated heterocycles. The molecule has 5 nitrogen and oxygen atoms in total. The number of urea groups is 1. The third kappa shape index (κ3) is 3.84. The van der Waals surface area contributed by atoms with Gasteiger partial charge in [0.1, 0.15) is 11.3 Å². The lowest BCUT2D eigenvalue weighted by Gasteiger charge is -2.22. The minimum atomic E-state index is -2.95. The van der Waals surface area contributed by atoms with E-state index in [4.69, 9.17) is 23.2 Å². The van der Waals surface area contributed by atoms with E-state index in [0.717, 1.165) is 4.90 Å². The van der Waals surface area contributed by atoms with Crippen LogP contribution in [0.15, 0.2) is 42.5 Å². The second-order valence-electron chi connectivity index (χ2n) is 6.09. The standard InChI is InChI=1S/C18H14Cl2F2N2O3/c1-18(11-3-6-13(7-4-11)27-16(21)22)15(25)24(17(26)23-18)9-10-2-5-12(19)8-14(10)20/h2-8,16H,9H2,1H3,(H,23,26).